The topological polar surface area (TPSA) is 158 Å². The number of nitrogens with two attached hydrogens (primary N) is 1. The molecule has 0 spiro atoms. The molecule has 0 bridgehead atoms. The molecule has 6 N–H and O–H groups in total. The van der Waals surface area contributed by atoms with Crippen LogP contribution in [-0.4, -0.2) is 34.3 Å². The van der Waals surface area contributed by atoms with E-state index in [2.05, 4.69) is 5.90 Å². The van der Waals surface area contributed by atoms with E-state index >= 15 is 0 Å². The van der Waals surface area contributed by atoms with Crippen LogP contribution in [0.3, 0.4) is 0 Å². The van der Waals surface area contributed by atoms with Crippen molar-refractivity contribution in [1.82, 2.24) is 0 Å². The molecule has 0 amide bonds. The second kappa shape index (κ2) is 11.1. The van der Waals surface area contributed by atoms with E-state index in [-0.39, 0.29) is 6.47 Å². The van der Waals surface area contributed by atoms with Crippen LogP contribution in [0.1, 0.15) is 0 Å². The molecule has 10 heavy (non-hydrogen) atoms. The van der Waals surface area contributed by atoms with Gasteiger partial charge in [-0.05, 0) is 0 Å². The highest BCUT2D eigenvalue weighted by Crippen LogP contribution is 1.59. The molecule has 0 fully saturated rings. The molecule has 0 aromatic rings. The summed E-state index contributed by atoms with van der Waals surface area (Å²) >= 11 is 0. The van der Waals surface area contributed by atoms with Crippen molar-refractivity contribution in [3.05, 3.63) is 0 Å². The van der Waals surface area contributed by atoms with Gasteiger partial charge in [-0.1, -0.05) is 0 Å². The molecule has 0 aliphatic heterocycles. The van der Waals surface area contributed by atoms with Crippen molar-refractivity contribution in [1.29, 1.82) is 0 Å². The van der Waals surface area contributed by atoms with Gasteiger partial charge in [-0.3, -0.25) is 13.9 Å². The second-order valence-corrected chi connectivity index (χ2v) is 1.45. The number of carbonyl (C=O) groups is 1. The molecule has 0 rings (SSSR count). The SMILES string of the molecule is NO.O=CO.O=S(=O)(O)O. The highest BCUT2D eigenvalue weighted by Gasteiger charge is 1.84. The monoisotopic (exact) mass is 177 g/mol. The number of carboxylic acid groups (broad SMARTS) is 1. The first-order chi connectivity index (χ1) is 4.41. The van der Waals surface area contributed by atoms with E-state index in [1.165, 1.54) is 0 Å². The van der Waals surface area contributed by atoms with Gasteiger partial charge in [0, 0.05) is 0 Å². The van der Waals surface area contributed by atoms with Crippen molar-refractivity contribution >= 4 is 16.9 Å². The Morgan fingerprint density at radius 3 is 1.20 bits per heavy atom. The third-order valence-electron chi connectivity index (χ3n) is 0. The highest BCUT2D eigenvalue weighted by molar-refractivity contribution is 7.79. The average Bonchev–Trinajstić information content (AvgIpc) is 1.68. The third kappa shape index (κ3) is 520. The molecule has 0 aromatic heterocycles. The number of hydrogen-bond acceptors (Lipinski definition) is 5. The van der Waals surface area contributed by atoms with E-state index in [1.54, 1.807) is 0 Å². The summed E-state index contributed by atoms with van der Waals surface area (Å²) in [4.78, 5) is 8.36. The predicted molar refractivity (Wildman–Crippen MR) is 28.8 cm³/mol. The Morgan fingerprint density at radius 1 is 1.20 bits per heavy atom. The Balaban J connectivity index is -0.0000000847. The normalized spacial score (nSPS) is 7.60. The van der Waals surface area contributed by atoms with Crippen LogP contribution in [0.5, 0.6) is 0 Å². The van der Waals surface area contributed by atoms with Crippen molar-refractivity contribution in [3.63, 3.8) is 0 Å². The Morgan fingerprint density at radius 2 is 1.20 bits per heavy atom. The van der Waals surface area contributed by atoms with Gasteiger partial charge in [0.05, 0.1) is 0 Å². The fourth-order valence-electron chi connectivity index (χ4n) is 0. The second-order valence-electron chi connectivity index (χ2n) is 0.553. The smallest absolute Gasteiger partial charge is 0.394 e. The van der Waals surface area contributed by atoms with Crippen LogP contribution in [0.25, 0.3) is 0 Å². The van der Waals surface area contributed by atoms with E-state index in [1.807, 2.05) is 0 Å². The van der Waals surface area contributed by atoms with E-state index in [9.17, 15) is 0 Å². The molecule has 8 nitrogen and oxygen atoms in total. The fraction of sp³-hybridized carbons (Fsp3) is 0. The summed E-state index contributed by atoms with van der Waals surface area (Å²) in [6.07, 6.45) is 0. The molecule has 0 aliphatic carbocycles. The first kappa shape index (κ1) is 16.1. The van der Waals surface area contributed by atoms with E-state index in [0.717, 1.165) is 0 Å². The summed E-state index contributed by atoms with van der Waals surface area (Å²) < 4.78 is 31.6. The summed E-state index contributed by atoms with van der Waals surface area (Å²) in [6, 6.07) is 0. The van der Waals surface area contributed by atoms with Gasteiger partial charge in [-0.15, -0.1) is 0 Å². The van der Waals surface area contributed by atoms with E-state index < -0.39 is 10.4 Å². The largest absolute Gasteiger partial charge is 0.483 e. The molecule has 0 unspecified atom stereocenters. The van der Waals surface area contributed by atoms with Crippen molar-refractivity contribution in [3.8, 4) is 0 Å². The van der Waals surface area contributed by atoms with Gasteiger partial charge in [0.1, 0.15) is 0 Å². The van der Waals surface area contributed by atoms with Crippen LogP contribution >= 0.6 is 0 Å². The average molecular weight is 177 g/mol. The number of rotatable bonds is 0. The first-order valence-corrected chi connectivity index (χ1v) is 2.85. The Labute approximate surface area is 56.4 Å². The molecular weight excluding hydrogens is 170 g/mol. The lowest BCUT2D eigenvalue weighted by molar-refractivity contribution is -0.122. The zero-order chi connectivity index (χ0) is 9.21. The van der Waals surface area contributed by atoms with Crippen LogP contribution in [-0.2, 0) is 15.2 Å². The summed E-state index contributed by atoms with van der Waals surface area (Å²) in [5.41, 5.74) is 0. The number of hydrogen-bond donors (Lipinski definition) is 5. The lowest BCUT2D eigenvalue weighted by atomic mass is 11.7. The molecule has 0 saturated heterocycles. The lowest BCUT2D eigenvalue weighted by Gasteiger charge is -1.68. The molecule has 0 atom stereocenters. The minimum atomic E-state index is -4.67. The molecule has 0 saturated carbocycles. The Bertz CT molecular complexity index is 128. The molecule has 9 heteroatoms. The zero-order valence-electron chi connectivity index (χ0n) is 4.58. The van der Waals surface area contributed by atoms with Gasteiger partial charge in [-0.2, -0.15) is 8.42 Å². The minimum Gasteiger partial charge on any atom is -0.483 e. The molecular formula is CH7NO7S. The fourth-order valence-corrected chi connectivity index (χ4v) is 0. The highest BCUT2D eigenvalue weighted by atomic mass is 32.3. The maximum Gasteiger partial charge on any atom is 0.394 e. The molecule has 0 aliphatic rings. The van der Waals surface area contributed by atoms with Gasteiger partial charge in [0.2, 0.25) is 0 Å². The van der Waals surface area contributed by atoms with Crippen LogP contribution < -0.4 is 5.90 Å². The van der Waals surface area contributed by atoms with Gasteiger partial charge < -0.3 is 10.3 Å². The van der Waals surface area contributed by atoms with E-state index in [0.29, 0.717) is 0 Å². The zero-order valence-corrected chi connectivity index (χ0v) is 5.39. The summed E-state index contributed by atoms with van der Waals surface area (Å²) in [5.74, 6) is 3.50. The molecule has 0 radical (unpaired) electrons. The van der Waals surface area contributed by atoms with Crippen molar-refractivity contribution in [2.45, 2.75) is 0 Å². The maximum atomic E-state index is 8.74. The lowest BCUT2D eigenvalue weighted by Crippen LogP contribution is -1.89. The molecule has 0 heterocycles. The first-order valence-electron chi connectivity index (χ1n) is 1.45. The summed E-state index contributed by atoms with van der Waals surface area (Å²) in [5, 5.41) is 13.4. The van der Waals surface area contributed by atoms with Crippen LogP contribution in [0.15, 0.2) is 0 Å². The Hall–Kier alpha value is -0.740. The van der Waals surface area contributed by atoms with Crippen LogP contribution in [0.2, 0.25) is 0 Å². The van der Waals surface area contributed by atoms with Gasteiger partial charge in [-0.25, -0.2) is 5.90 Å². The maximum absolute atomic E-state index is 8.74. The van der Waals surface area contributed by atoms with Gasteiger partial charge >= 0.3 is 10.4 Å². The van der Waals surface area contributed by atoms with Crippen LogP contribution in [0, 0.1) is 0 Å². The van der Waals surface area contributed by atoms with Crippen molar-refractivity contribution in [2.75, 3.05) is 0 Å². The van der Waals surface area contributed by atoms with Crippen LogP contribution in [0.4, 0.5) is 0 Å². The van der Waals surface area contributed by atoms with Crippen molar-refractivity contribution in [2.24, 2.45) is 5.90 Å². The standard InChI is InChI=1S/CH2O2.H3NO.H2O4S/c2-1-3;1-2;1-5(2,3)4/h1H,(H,2,3);2H,1H2;(H2,1,2,3,4). The Kier molecular flexibility index (Phi) is 17.9. The quantitative estimate of drug-likeness (QED) is 0.168. The van der Waals surface area contributed by atoms with Gasteiger partial charge in [0.25, 0.3) is 6.47 Å². The third-order valence-corrected chi connectivity index (χ3v) is 0. The van der Waals surface area contributed by atoms with Gasteiger partial charge in [0.15, 0.2) is 0 Å². The predicted octanol–water partition coefficient (Wildman–Crippen LogP) is -1.62. The van der Waals surface area contributed by atoms with E-state index in [4.69, 9.17) is 32.6 Å². The van der Waals surface area contributed by atoms with Crippen molar-refractivity contribution < 1.29 is 32.6 Å². The minimum absolute atomic E-state index is 0.250. The molecule has 64 valence electrons. The summed E-state index contributed by atoms with van der Waals surface area (Å²) in [7, 11) is -4.67. The summed E-state index contributed by atoms with van der Waals surface area (Å²) in [6.45, 7) is -0.250. The molecule has 0 aromatic carbocycles.